The maximum atomic E-state index is 11.3. The van der Waals surface area contributed by atoms with Gasteiger partial charge >= 0.3 is 0 Å². The van der Waals surface area contributed by atoms with Crippen molar-refractivity contribution in [1.82, 2.24) is 4.98 Å². The quantitative estimate of drug-likeness (QED) is 0.711. The lowest BCUT2D eigenvalue weighted by Gasteiger charge is -2.15. The molecule has 0 spiro atoms. The van der Waals surface area contributed by atoms with Gasteiger partial charge in [-0.05, 0) is 18.7 Å². The topological polar surface area (TPSA) is 94.0 Å². The number of thioether (sulfide) groups is 1. The van der Waals surface area contributed by atoms with Crippen molar-refractivity contribution in [2.24, 2.45) is 5.73 Å². The van der Waals surface area contributed by atoms with Gasteiger partial charge in [-0.1, -0.05) is 6.92 Å². The molecule has 0 aliphatic carbocycles. The molecule has 0 saturated carbocycles. The predicted octanol–water partition coefficient (Wildman–Crippen LogP) is 1.32. The van der Waals surface area contributed by atoms with E-state index in [4.69, 9.17) is 11.5 Å². The third kappa shape index (κ3) is 4.14. The number of carbonyl (C=O) groups excluding carboxylic acids is 1. The van der Waals surface area contributed by atoms with Gasteiger partial charge in [0.25, 0.3) is 5.91 Å². The molecule has 1 aromatic rings. The predicted molar refractivity (Wildman–Crippen MR) is 73.3 cm³/mol. The first-order chi connectivity index (χ1) is 8.04. The van der Waals surface area contributed by atoms with E-state index < -0.39 is 5.91 Å². The largest absolute Gasteiger partial charge is 0.397 e. The number of nitrogens with two attached hydrogens (primary N) is 2. The van der Waals surface area contributed by atoms with Gasteiger partial charge in [0.1, 0.15) is 5.82 Å². The molecule has 0 radical (unpaired) electrons. The van der Waals surface area contributed by atoms with Gasteiger partial charge in [-0.15, -0.1) is 0 Å². The summed E-state index contributed by atoms with van der Waals surface area (Å²) in [5, 5.41) is 3.17. The smallest absolute Gasteiger partial charge is 0.252 e. The highest BCUT2D eigenvalue weighted by molar-refractivity contribution is 7.99. The van der Waals surface area contributed by atoms with Crippen LogP contribution in [0.1, 0.15) is 24.2 Å². The van der Waals surface area contributed by atoms with Crippen LogP contribution in [0.5, 0.6) is 0 Å². The Kier molecular flexibility index (Phi) is 5.09. The summed E-state index contributed by atoms with van der Waals surface area (Å²) in [6, 6.07) is 1.76. The first-order valence-electron chi connectivity index (χ1n) is 5.44. The van der Waals surface area contributed by atoms with E-state index in [1.807, 2.05) is 18.7 Å². The van der Waals surface area contributed by atoms with Crippen molar-refractivity contribution in [2.45, 2.75) is 19.9 Å². The molecule has 1 unspecified atom stereocenters. The molecule has 1 heterocycles. The van der Waals surface area contributed by atoms with Crippen molar-refractivity contribution in [3.63, 3.8) is 0 Å². The number of pyridine rings is 1. The van der Waals surface area contributed by atoms with E-state index in [9.17, 15) is 4.79 Å². The van der Waals surface area contributed by atoms with Crippen LogP contribution in [-0.2, 0) is 0 Å². The molecule has 1 atom stereocenters. The third-order valence-corrected chi connectivity index (χ3v) is 3.27. The number of rotatable bonds is 6. The number of nitrogen functional groups attached to an aromatic ring is 1. The zero-order valence-electron chi connectivity index (χ0n) is 10.1. The Hall–Kier alpha value is -1.43. The average molecular weight is 254 g/mol. The van der Waals surface area contributed by atoms with Crippen LogP contribution >= 0.6 is 11.8 Å². The van der Waals surface area contributed by atoms with E-state index in [2.05, 4.69) is 17.2 Å². The molecule has 6 heteroatoms. The minimum Gasteiger partial charge on any atom is -0.397 e. The highest BCUT2D eigenvalue weighted by atomic mass is 32.2. The van der Waals surface area contributed by atoms with Gasteiger partial charge in [-0.3, -0.25) is 4.79 Å². The number of anilines is 2. The Labute approximate surface area is 105 Å². The second-order valence-corrected chi connectivity index (χ2v) is 5.05. The van der Waals surface area contributed by atoms with Crippen LogP contribution in [0, 0.1) is 0 Å². The second kappa shape index (κ2) is 6.34. The van der Waals surface area contributed by atoms with Gasteiger partial charge in [-0.2, -0.15) is 11.8 Å². The first-order valence-corrected chi connectivity index (χ1v) is 6.59. The molecule has 0 aliphatic heterocycles. The maximum absolute atomic E-state index is 11.3. The average Bonchev–Trinajstić information content (AvgIpc) is 2.28. The van der Waals surface area contributed by atoms with Crippen LogP contribution in [0.25, 0.3) is 0 Å². The van der Waals surface area contributed by atoms with Crippen LogP contribution in [0.2, 0.25) is 0 Å². The molecule has 1 amide bonds. The fraction of sp³-hybridized carbons (Fsp3) is 0.455. The van der Waals surface area contributed by atoms with Crippen molar-refractivity contribution in [3.05, 3.63) is 17.8 Å². The van der Waals surface area contributed by atoms with E-state index in [0.29, 0.717) is 17.1 Å². The van der Waals surface area contributed by atoms with E-state index in [1.54, 1.807) is 0 Å². The molecule has 0 aromatic carbocycles. The van der Waals surface area contributed by atoms with Gasteiger partial charge in [0.2, 0.25) is 0 Å². The van der Waals surface area contributed by atoms with Gasteiger partial charge < -0.3 is 16.8 Å². The summed E-state index contributed by atoms with van der Waals surface area (Å²) in [6.45, 7) is 4.14. The molecule has 5 nitrogen and oxygen atoms in total. The normalized spacial score (nSPS) is 12.1. The number of nitrogens with one attached hydrogen (secondary N) is 1. The van der Waals surface area contributed by atoms with Crippen LogP contribution in [0.15, 0.2) is 12.3 Å². The van der Waals surface area contributed by atoms with Crippen molar-refractivity contribution in [2.75, 3.05) is 22.6 Å². The SMILES string of the molecule is CCSCC(C)Nc1ncc(N)cc1C(N)=O. The van der Waals surface area contributed by atoms with Crippen molar-refractivity contribution in [1.29, 1.82) is 0 Å². The van der Waals surface area contributed by atoms with Crippen molar-refractivity contribution >= 4 is 29.2 Å². The molecular formula is C11H18N4OS. The standard InChI is InChI=1S/C11H18N4OS/c1-3-17-6-7(2)15-11-9(10(13)16)4-8(12)5-14-11/h4-5,7H,3,6,12H2,1-2H3,(H2,13,16)(H,14,15). The van der Waals surface area contributed by atoms with Gasteiger partial charge in [0, 0.05) is 11.8 Å². The van der Waals surface area contributed by atoms with E-state index in [0.717, 1.165) is 11.5 Å². The molecule has 1 rings (SSSR count). The number of hydrogen-bond acceptors (Lipinski definition) is 5. The summed E-state index contributed by atoms with van der Waals surface area (Å²) in [5.41, 5.74) is 11.6. The summed E-state index contributed by atoms with van der Waals surface area (Å²) >= 11 is 1.82. The summed E-state index contributed by atoms with van der Waals surface area (Å²) in [5.74, 6) is 1.98. The minimum atomic E-state index is -0.525. The van der Waals surface area contributed by atoms with Gasteiger partial charge in [0.05, 0.1) is 17.4 Å². The third-order valence-electron chi connectivity index (χ3n) is 2.13. The molecule has 0 bridgehead atoms. The second-order valence-electron chi connectivity index (χ2n) is 3.73. The monoisotopic (exact) mass is 254 g/mol. The highest BCUT2D eigenvalue weighted by Gasteiger charge is 2.12. The van der Waals surface area contributed by atoms with Gasteiger partial charge in [0.15, 0.2) is 0 Å². The number of amides is 1. The lowest BCUT2D eigenvalue weighted by atomic mass is 10.2. The molecular weight excluding hydrogens is 236 g/mol. The molecule has 17 heavy (non-hydrogen) atoms. The number of aromatic nitrogens is 1. The molecule has 0 saturated heterocycles. The Bertz CT molecular complexity index is 397. The highest BCUT2D eigenvalue weighted by Crippen LogP contribution is 2.16. The van der Waals surface area contributed by atoms with Crippen molar-refractivity contribution < 1.29 is 4.79 Å². The van der Waals surface area contributed by atoms with Crippen LogP contribution < -0.4 is 16.8 Å². The Morgan fingerprint density at radius 2 is 2.35 bits per heavy atom. The summed E-state index contributed by atoms with van der Waals surface area (Å²) in [6.07, 6.45) is 1.51. The van der Waals surface area contributed by atoms with Crippen LogP contribution in [0.4, 0.5) is 11.5 Å². The lowest BCUT2D eigenvalue weighted by Crippen LogP contribution is -2.23. The van der Waals surface area contributed by atoms with Gasteiger partial charge in [-0.25, -0.2) is 4.98 Å². The zero-order valence-corrected chi connectivity index (χ0v) is 10.9. The molecule has 5 N–H and O–H groups in total. The Balaban J connectivity index is 2.79. The number of nitrogens with zero attached hydrogens (tertiary/aromatic N) is 1. The fourth-order valence-corrected chi connectivity index (χ4v) is 2.03. The summed E-state index contributed by atoms with van der Waals surface area (Å²) in [4.78, 5) is 15.4. The van der Waals surface area contributed by atoms with Crippen LogP contribution in [-0.4, -0.2) is 28.4 Å². The van der Waals surface area contributed by atoms with Crippen LogP contribution in [0.3, 0.4) is 0 Å². The Morgan fingerprint density at radius 3 is 2.94 bits per heavy atom. The molecule has 1 aromatic heterocycles. The molecule has 94 valence electrons. The summed E-state index contributed by atoms with van der Waals surface area (Å²) < 4.78 is 0. The fourth-order valence-electron chi connectivity index (χ4n) is 1.35. The number of carbonyl (C=O) groups is 1. The molecule has 0 aliphatic rings. The van der Waals surface area contributed by atoms with Crippen molar-refractivity contribution in [3.8, 4) is 0 Å². The zero-order chi connectivity index (χ0) is 12.8. The lowest BCUT2D eigenvalue weighted by molar-refractivity contribution is 0.100. The first kappa shape index (κ1) is 13.6. The number of hydrogen-bond donors (Lipinski definition) is 3. The minimum absolute atomic E-state index is 0.217. The Morgan fingerprint density at radius 1 is 1.65 bits per heavy atom. The van der Waals surface area contributed by atoms with E-state index in [1.165, 1.54) is 12.3 Å². The van der Waals surface area contributed by atoms with E-state index in [-0.39, 0.29) is 6.04 Å². The maximum Gasteiger partial charge on any atom is 0.252 e. The summed E-state index contributed by atoms with van der Waals surface area (Å²) in [7, 11) is 0. The van der Waals surface area contributed by atoms with E-state index >= 15 is 0 Å². The molecule has 0 fully saturated rings. The number of primary amides is 1.